The quantitative estimate of drug-likeness (QED) is 0.294. The lowest BCUT2D eigenvalue weighted by molar-refractivity contribution is 0.102. The van der Waals surface area contributed by atoms with Crippen molar-refractivity contribution in [3.05, 3.63) is 75.0 Å². The number of ether oxygens (including phenoxy) is 2. The number of hydrogen-bond donors (Lipinski definition) is 3. The molecule has 3 aromatic carbocycles. The number of urea groups is 1. The largest absolute Gasteiger partial charge is 0.495 e. The Morgan fingerprint density at radius 1 is 0.912 bits per heavy atom. The van der Waals surface area contributed by atoms with Crippen molar-refractivity contribution >= 4 is 76.6 Å². The lowest BCUT2D eigenvalue weighted by atomic mass is 10.2. The summed E-state index contributed by atoms with van der Waals surface area (Å²) in [6, 6.07) is 10.4. The summed E-state index contributed by atoms with van der Waals surface area (Å²) in [7, 11) is 2.86. The molecule has 0 fully saturated rings. The van der Waals surface area contributed by atoms with Crippen LogP contribution in [0.5, 0.6) is 11.5 Å². The van der Waals surface area contributed by atoms with E-state index in [2.05, 4.69) is 23.4 Å². The summed E-state index contributed by atoms with van der Waals surface area (Å²) in [5, 5.41) is 5.36. The fourth-order valence-corrected chi connectivity index (χ4v) is 4.19. The van der Waals surface area contributed by atoms with Crippen LogP contribution in [0.15, 0.2) is 48.5 Å². The van der Waals surface area contributed by atoms with Gasteiger partial charge in [-0.15, -0.1) is 0 Å². The molecule has 0 saturated heterocycles. The van der Waals surface area contributed by atoms with Gasteiger partial charge in [0.15, 0.2) is 0 Å². The number of halogens is 4. The first-order valence-electron chi connectivity index (χ1n) is 9.42. The Bertz CT molecular complexity index is 1240. The van der Waals surface area contributed by atoms with Crippen LogP contribution in [-0.2, 0) is 0 Å². The number of thiol groups is 1. The number of nitrogens with one attached hydrogen (secondary N) is 2. The molecule has 0 aliphatic rings. The van der Waals surface area contributed by atoms with E-state index < -0.39 is 17.8 Å². The van der Waals surface area contributed by atoms with E-state index >= 15 is 0 Å². The number of hydrogen-bond acceptors (Lipinski definition) is 5. The van der Waals surface area contributed by atoms with Crippen LogP contribution in [0.3, 0.4) is 0 Å². The average Bonchev–Trinajstić information content (AvgIpc) is 2.78. The molecule has 3 rings (SSSR count). The Balaban J connectivity index is 1.82. The summed E-state index contributed by atoms with van der Waals surface area (Å²) in [6.45, 7) is 0. The lowest BCUT2D eigenvalue weighted by Crippen LogP contribution is -2.27. The molecule has 2 N–H and O–H groups in total. The molecule has 3 aromatic rings. The van der Waals surface area contributed by atoms with Gasteiger partial charge in [0.25, 0.3) is 5.91 Å². The van der Waals surface area contributed by atoms with Crippen molar-refractivity contribution in [3.8, 4) is 11.5 Å². The predicted molar refractivity (Wildman–Crippen MR) is 136 cm³/mol. The Morgan fingerprint density at radius 3 is 2.12 bits per heavy atom. The third-order valence-corrected chi connectivity index (χ3v) is 5.77. The normalized spacial score (nSPS) is 10.4. The number of methoxy groups -OCH3 is 2. The summed E-state index contributed by atoms with van der Waals surface area (Å²) < 4.78 is 25.1. The second-order valence-corrected chi connectivity index (χ2v) is 8.27. The van der Waals surface area contributed by atoms with Crippen molar-refractivity contribution in [2.75, 3.05) is 29.2 Å². The van der Waals surface area contributed by atoms with Crippen molar-refractivity contribution in [2.45, 2.75) is 0 Å². The van der Waals surface area contributed by atoms with Gasteiger partial charge >= 0.3 is 6.03 Å². The van der Waals surface area contributed by atoms with Crippen LogP contribution in [0.2, 0.25) is 15.1 Å². The van der Waals surface area contributed by atoms with Crippen LogP contribution in [0.1, 0.15) is 10.4 Å². The smallest absolute Gasteiger partial charge is 0.336 e. The van der Waals surface area contributed by atoms with Gasteiger partial charge in [0.1, 0.15) is 17.3 Å². The zero-order valence-corrected chi connectivity index (χ0v) is 20.8. The molecule has 34 heavy (non-hydrogen) atoms. The molecule has 0 aliphatic carbocycles. The number of amides is 3. The maximum absolute atomic E-state index is 13.9. The van der Waals surface area contributed by atoms with Crippen LogP contribution >= 0.6 is 47.6 Å². The van der Waals surface area contributed by atoms with Crippen LogP contribution in [0, 0.1) is 5.82 Å². The highest BCUT2D eigenvalue weighted by atomic mass is 35.5. The fourth-order valence-electron chi connectivity index (χ4n) is 2.91. The minimum atomic E-state index is -0.727. The molecule has 0 aliphatic heterocycles. The molecule has 0 radical (unpaired) electrons. The van der Waals surface area contributed by atoms with Gasteiger partial charge in [-0.05, 0) is 30.3 Å². The second-order valence-electron chi connectivity index (χ2n) is 6.65. The van der Waals surface area contributed by atoms with Crippen LogP contribution in [0.25, 0.3) is 0 Å². The van der Waals surface area contributed by atoms with Crippen molar-refractivity contribution in [2.24, 2.45) is 0 Å². The van der Waals surface area contributed by atoms with E-state index in [1.165, 1.54) is 62.8 Å². The highest BCUT2D eigenvalue weighted by Gasteiger charge is 2.22. The zero-order valence-electron chi connectivity index (χ0n) is 17.7. The van der Waals surface area contributed by atoms with Gasteiger partial charge in [0, 0.05) is 11.8 Å². The minimum absolute atomic E-state index is 0.00112. The van der Waals surface area contributed by atoms with E-state index in [0.29, 0.717) is 11.5 Å². The van der Waals surface area contributed by atoms with E-state index in [1.54, 1.807) is 0 Å². The second kappa shape index (κ2) is 11.1. The molecule has 0 unspecified atom stereocenters. The lowest BCUT2D eigenvalue weighted by Gasteiger charge is -2.21. The van der Waals surface area contributed by atoms with E-state index in [9.17, 15) is 14.0 Å². The molecule has 0 heterocycles. The summed E-state index contributed by atoms with van der Waals surface area (Å²) in [5.74, 6) is -0.721. The molecule has 0 bridgehead atoms. The molecule has 0 saturated carbocycles. The van der Waals surface area contributed by atoms with Crippen molar-refractivity contribution in [3.63, 3.8) is 0 Å². The number of carbonyl (C=O) groups is 2. The predicted octanol–water partition coefficient (Wildman–Crippen LogP) is 6.94. The number of carbonyl (C=O) groups excluding carboxylic acids is 2. The van der Waals surface area contributed by atoms with Crippen molar-refractivity contribution in [1.82, 2.24) is 0 Å². The number of anilines is 3. The minimum Gasteiger partial charge on any atom is -0.495 e. The summed E-state index contributed by atoms with van der Waals surface area (Å²) >= 11 is 23.0. The SMILES string of the molecule is COc1cc(OC)c(NC(=O)N(S)c2c(Cl)cc(NC(=O)c3ccccc3F)cc2Cl)cc1Cl. The molecule has 0 spiro atoms. The first-order chi connectivity index (χ1) is 16.2. The average molecular weight is 545 g/mol. The monoisotopic (exact) mass is 543 g/mol. The van der Waals surface area contributed by atoms with Crippen molar-refractivity contribution in [1.29, 1.82) is 0 Å². The molecular weight excluding hydrogens is 528 g/mol. The summed E-state index contributed by atoms with van der Waals surface area (Å²) in [6.07, 6.45) is 0. The molecular formula is C22H17Cl3FN3O4S. The van der Waals surface area contributed by atoms with Gasteiger partial charge in [-0.3, -0.25) is 4.79 Å². The van der Waals surface area contributed by atoms with E-state index in [4.69, 9.17) is 44.3 Å². The number of nitrogens with zero attached hydrogens (tertiary/aromatic N) is 1. The van der Waals surface area contributed by atoms with Crippen LogP contribution in [0.4, 0.5) is 26.2 Å². The Hall–Kier alpha value is -2.85. The van der Waals surface area contributed by atoms with Gasteiger partial charge < -0.3 is 20.1 Å². The maximum atomic E-state index is 13.9. The third kappa shape index (κ3) is 5.61. The van der Waals surface area contributed by atoms with Gasteiger partial charge in [-0.1, -0.05) is 59.8 Å². The molecule has 0 atom stereocenters. The topological polar surface area (TPSA) is 79.9 Å². The van der Waals surface area contributed by atoms with Gasteiger partial charge in [0.2, 0.25) is 0 Å². The van der Waals surface area contributed by atoms with Gasteiger partial charge in [-0.25, -0.2) is 13.5 Å². The van der Waals surface area contributed by atoms with Crippen molar-refractivity contribution < 1.29 is 23.5 Å². The molecule has 0 aromatic heterocycles. The number of benzene rings is 3. The third-order valence-electron chi connectivity index (χ3n) is 4.51. The molecule has 12 heteroatoms. The van der Waals surface area contributed by atoms with Gasteiger partial charge in [-0.2, -0.15) is 0 Å². The highest BCUT2D eigenvalue weighted by Crippen LogP contribution is 2.40. The first kappa shape index (κ1) is 25.8. The number of rotatable bonds is 6. The van der Waals surface area contributed by atoms with Crippen LogP contribution < -0.4 is 24.4 Å². The van der Waals surface area contributed by atoms with Crippen LogP contribution in [-0.4, -0.2) is 26.2 Å². The Morgan fingerprint density at radius 2 is 1.53 bits per heavy atom. The zero-order chi connectivity index (χ0) is 25.0. The molecule has 7 nitrogen and oxygen atoms in total. The first-order valence-corrected chi connectivity index (χ1v) is 11.0. The van der Waals surface area contributed by atoms with Gasteiger partial charge in [0.05, 0.1) is 46.2 Å². The molecule has 178 valence electrons. The fraction of sp³-hybridized carbons (Fsp3) is 0.0909. The summed E-state index contributed by atoms with van der Waals surface area (Å²) in [5.41, 5.74) is 0.337. The van der Waals surface area contributed by atoms with E-state index in [0.717, 1.165) is 4.31 Å². The Kier molecular flexibility index (Phi) is 8.37. The van der Waals surface area contributed by atoms with E-state index in [1.807, 2.05) is 0 Å². The molecule has 3 amide bonds. The standard InChI is InChI=1S/C22H17Cl3FN3O4S/c1-32-18-10-19(33-2)17(9-13(18)23)28-22(31)29(34)20-14(24)7-11(8-15(20)25)27-21(30)12-5-3-4-6-16(12)26/h3-10,34H,1-2H3,(H,27,30)(H,28,31). The van der Waals surface area contributed by atoms with E-state index in [-0.39, 0.29) is 37.7 Å². The maximum Gasteiger partial charge on any atom is 0.336 e. The summed E-state index contributed by atoms with van der Waals surface area (Å²) in [4.78, 5) is 25.2. The Labute approximate surface area is 215 Å². The highest BCUT2D eigenvalue weighted by molar-refractivity contribution is 7.82.